The highest BCUT2D eigenvalue weighted by Gasteiger charge is 2.22. The van der Waals surface area contributed by atoms with E-state index in [2.05, 4.69) is 34.3 Å². The van der Waals surface area contributed by atoms with E-state index in [1.54, 1.807) is 20.3 Å². The van der Waals surface area contributed by atoms with Gasteiger partial charge in [0.2, 0.25) is 0 Å². The highest BCUT2D eigenvalue weighted by molar-refractivity contribution is 5.93. The first-order valence-electron chi connectivity index (χ1n) is 11.2. The van der Waals surface area contributed by atoms with Gasteiger partial charge in [-0.2, -0.15) is 15.5 Å². The lowest BCUT2D eigenvalue weighted by atomic mass is 9.91. The maximum absolute atomic E-state index is 11.7. The number of hydrogen-bond acceptors (Lipinski definition) is 5. The molecule has 0 radical (unpaired) electrons. The van der Waals surface area contributed by atoms with E-state index in [-0.39, 0.29) is 5.91 Å². The molecule has 0 aromatic carbocycles. The minimum Gasteiger partial charge on any atom is -0.332 e. The zero-order valence-electron chi connectivity index (χ0n) is 18.8. The number of carbonyl (C=O) groups is 1. The van der Waals surface area contributed by atoms with Crippen LogP contribution < -0.4 is 0 Å². The summed E-state index contributed by atoms with van der Waals surface area (Å²) in [7, 11) is 1.88. The summed E-state index contributed by atoms with van der Waals surface area (Å²) in [6.45, 7) is 1.39. The predicted octanol–water partition coefficient (Wildman–Crippen LogP) is 3.08. The zero-order chi connectivity index (χ0) is 23.7. The molecular weight excluding hydrogens is 426 g/mol. The minimum absolute atomic E-state index is 0.225. The summed E-state index contributed by atoms with van der Waals surface area (Å²) in [5.41, 5.74) is 6.04. The number of likely N-dealkylation sites (tertiary alicyclic amines) is 1. The second-order valence-electron chi connectivity index (χ2n) is 8.63. The van der Waals surface area contributed by atoms with Crippen molar-refractivity contribution in [2.24, 2.45) is 13.0 Å². The number of aromatic nitrogens is 5. The summed E-state index contributed by atoms with van der Waals surface area (Å²) in [4.78, 5) is 18.2. The van der Waals surface area contributed by atoms with Crippen molar-refractivity contribution in [1.82, 2.24) is 29.3 Å². The van der Waals surface area contributed by atoms with Gasteiger partial charge in [-0.3, -0.25) is 14.5 Å². The number of terminal acetylenes is 1. The van der Waals surface area contributed by atoms with Crippen LogP contribution in [0.25, 0.3) is 27.8 Å². The maximum atomic E-state index is 11.7. The third kappa shape index (κ3) is 4.02. The molecule has 0 unspecified atom stereocenters. The number of amides is 1. The quantitative estimate of drug-likeness (QED) is 0.447. The molecule has 4 aromatic heterocycles. The lowest BCUT2D eigenvalue weighted by molar-refractivity contribution is -0.126. The fourth-order valence-electron chi connectivity index (χ4n) is 4.58. The average Bonchev–Trinajstić information content (AvgIpc) is 3.50. The van der Waals surface area contributed by atoms with Crippen molar-refractivity contribution in [2.75, 3.05) is 13.1 Å². The Labute approximate surface area is 197 Å². The van der Waals surface area contributed by atoms with Gasteiger partial charge < -0.3 is 4.90 Å². The maximum Gasteiger partial charge on any atom is 0.298 e. The Morgan fingerprint density at radius 2 is 1.94 bits per heavy atom. The summed E-state index contributed by atoms with van der Waals surface area (Å²) in [6, 6.07) is 8.40. The predicted molar refractivity (Wildman–Crippen MR) is 127 cm³/mol. The molecule has 1 fully saturated rings. The number of pyridine rings is 2. The molecule has 168 valence electrons. The van der Waals surface area contributed by atoms with Crippen LogP contribution in [0.1, 0.15) is 24.1 Å². The van der Waals surface area contributed by atoms with Crippen LogP contribution in [0.15, 0.2) is 49.2 Å². The van der Waals surface area contributed by atoms with Gasteiger partial charge in [0.25, 0.3) is 5.91 Å². The van der Waals surface area contributed by atoms with Crippen LogP contribution in [0.5, 0.6) is 0 Å². The normalized spacial score (nSPS) is 14.1. The van der Waals surface area contributed by atoms with Crippen molar-refractivity contribution in [3.63, 3.8) is 0 Å². The molecule has 34 heavy (non-hydrogen) atoms. The van der Waals surface area contributed by atoms with Crippen molar-refractivity contribution >= 4 is 11.4 Å². The molecule has 0 N–H and O–H groups in total. The topological polar surface area (TPSA) is 92.1 Å². The largest absolute Gasteiger partial charge is 0.332 e. The Balaban J connectivity index is 1.42. The molecule has 8 nitrogen and oxygen atoms in total. The number of nitriles is 1. The van der Waals surface area contributed by atoms with Gasteiger partial charge in [0.1, 0.15) is 6.07 Å². The zero-order valence-corrected chi connectivity index (χ0v) is 18.8. The fraction of sp³-hybridized carbons (Fsp3) is 0.269. The summed E-state index contributed by atoms with van der Waals surface area (Å²) < 4.78 is 3.50. The monoisotopic (exact) mass is 449 g/mol. The summed E-state index contributed by atoms with van der Waals surface area (Å²) >= 11 is 0. The van der Waals surface area contributed by atoms with Gasteiger partial charge in [-0.05, 0) is 43.2 Å². The van der Waals surface area contributed by atoms with E-state index in [1.165, 1.54) is 0 Å². The van der Waals surface area contributed by atoms with Crippen LogP contribution in [0.2, 0.25) is 0 Å². The van der Waals surface area contributed by atoms with Crippen molar-refractivity contribution in [3.8, 4) is 40.7 Å². The molecule has 0 aliphatic carbocycles. The van der Waals surface area contributed by atoms with Gasteiger partial charge in [-0.25, -0.2) is 4.52 Å². The molecule has 8 heteroatoms. The number of carbonyl (C=O) groups excluding carboxylic acids is 1. The molecular formula is C26H23N7O. The van der Waals surface area contributed by atoms with Crippen molar-refractivity contribution < 1.29 is 4.79 Å². The van der Waals surface area contributed by atoms with Crippen LogP contribution in [0.3, 0.4) is 0 Å². The third-order valence-electron chi connectivity index (χ3n) is 6.43. The minimum atomic E-state index is -0.225. The molecule has 1 amide bonds. The van der Waals surface area contributed by atoms with Gasteiger partial charge in [0.05, 0.1) is 23.5 Å². The van der Waals surface area contributed by atoms with E-state index in [0.29, 0.717) is 24.6 Å². The van der Waals surface area contributed by atoms with Gasteiger partial charge in [-0.15, -0.1) is 6.42 Å². The van der Waals surface area contributed by atoms with E-state index in [1.807, 2.05) is 37.9 Å². The summed E-state index contributed by atoms with van der Waals surface area (Å²) in [5.74, 6) is 2.45. The smallest absolute Gasteiger partial charge is 0.298 e. The number of piperidine rings is 1. The molecule has 4 aromatic rings. The first kappa shape index (κ1) is 21.4. The lowest BCUT2D eigenvalue weighted by Gasteiger charge is -2.30. The molecule has 5 heterocycles. The number of rotatable bonds is 4. The molecule has 1 aliphatic heterocycles. The lowest BCUT2D eigenvalue weighted by Crippen LogP contribution is -2.38. The van der Waals surface area contributed by atoms with E-state index < -0.39 is 0 Å². The van der Waals surface area contributed by atoms with Crippen LogP contribution in [0.4, 0.5) is 0 Å². The number of fused-ring (bicyclic) bond motifs is 1. The Bertz CT molecular complexity index is 1440. The molecule has 0 bridgehead atoms. The van der Waals surface area contributed by atoms with E-state index in [4.69, 9.17) is 11.4 Å². The van der Waals surface area contributed by atoms with Crippen LogP contribution >= 0.6 is 0 Å². The molecule has 0 saturated carbocycles. The second kappa shape index (κ2) is 8.84. The van der Waals surface area contributed by atoms with Crippen molar-refractivity contribution in [2.45, 2.75) is 19.3 Å². The van der Waals surface area contributed by atoms with E-state index in [9.17, 15) is 10.1 Å². The van der Waals surface area contributed by atoms with Gasteiger partial charge in [0, 0.05) is 66.7 Å². The molecule has 0 atom stereocenters. The number of nitrogens with zero attached hydrogens (tertiary/aromatic N) is 7. The van der Waals surface area contributed by atoms with Gasteiger partial charge >= 0.3 is 0 Å². The first-order chi connectivity index (χ1) is 16.6. The Morgan fingerprint density at radius 3 is 2.59 bits per heavy atom. The Hall–Kier alpha value is -4.43. The van der Waals surface area contributed by atoms with E-state index >= 15 is 0 Å². The number of hydrogen-bond donors (Lipinski definition) is 0. The van der Waals surface area contributed by atoms with Crippen molar-refractivity contribution in [1.29, 1.82) is 5.26 Å². The van der Waals surface area contributed by atoms with Gasteiger partial charge in [-0.1, -0.05) is 6.07 Å². The second-order valence-corrected chi connectivity index (χ2v) is 8.63. The molecule has 5 rings (SSSR count). The molecule has 0 spiro atoms. The van der Waals surface area contributed by atoms with Crippen molar-refractivity contribution in [3.05, 3.63) is 60.4 Å². The average molecular weight is 450 g/mol. The highest BCUT2D eigenvalue weighted by atomic mass is 16.2. The van der Waals surface area contributed by atoms with Crippen LogP contribution in [0, 0.1) is 29.6 Å². The van der Waals surface area contributed by atoms with Gasteiger partial charge in [0.15, 0.2) is 0 Å². The Morgan fingerprint density at radius 1 is 1.12 bits per heavy atom. The van der Waals surface area contributed by atoms with Crippen LogP contribution in [-0.2, 0) is 18.3 Å². The summed E-state index contributed by atoms with van der Waals surface area (Å²) in [6.07, 6.45) is 17.1. The third-order valence-corrected chi connectivity index (χ3v) is 6.43. The van der Waals surface area contributed by atoms with Crippen LogP contribution in [-0.4, -0.2) is 48.3 Å². The molecule has 1 saturated heterocycles. The summed E-state index contributed by atoms with van der Waals surface area (Å²) in [5, 5.41) is 18.3. The number of aryl methyl sites for hydroxylation is 1. The SMILES string of the molecule is C#CC(=O)N1CCC(Cc2ccc(-c3cc(-c4cnn(C)c4)cn4ncc(C#N)c34)cn2)CC1. The highest BCUT2D eigenvalue weighted by Crippen LogP contribution is 2.32. The molecule has 1 aliphatic rings. The Kier molecular flexibility index (Phi) is 5.57. The first-order valence-corrected chi connectivity index (χ1v) is 11.2. The fourth-order valence-corrected chi connectivity index (χ4v) is 4.58. The standard InChI is InChI=1S/C26H23N7O/c1-3-25(34)32-8-6-18(7-9-32)10-23-5-4-19(13-28-23)24-11-20(22-15-29-31(2)16-22)17-33-26(24)21(12-27)14-30-33/h1,4-5,11,13-18H,6-10H2,2H3. The van der Waals surface area contributed by atoms with E-state index in [0.717, 1.165) is 52.7 Å².